The van der Waals surface area contributed by atoms with Gasteiger partial charge in [-0.1, -0.05) is 37.5 Å². The summed E-state index contributed by atoms with van der Waals surface area (Å²) in [6, 6.07) is 2.16. The summed E-state index contributed by atoms with van der Waals surface area (Å²) in [5.41, 5.74) is 0.701. The fraction of sp³-hybridized carbons (Fsp3) is 0.562. The number of aliphatic hydroxyl groups excluding tert-OH is 1. The number of rotatable bonds is 3. The number of nitrogens with one attached hydrogen (secondary N) is 1. The highest BCUT2D eigenvalue weighted by atomic mass is 32.1. The molecule has 1 fully saturated rings. The van der Waals surface area contributed by atoms with Crippen molar-refractivity contribution in [1.29, 1.82) is 0 Å². The molecule has 1 aromatic rings. The number of hydrogen-bond acceptors (Lipinski definition) is 3. The molecule has 1 aliphatic carbocycles. The summed E-state index contributed by atoms with van der Waals surface area (Å²) in [7, 11) is 0. The zero-order chi connectivity index (χ0) is 14.2. The smallest absolute Gasteiger partial charge is 0.252 e. The van der Waals surface area contributed by atoms with Crippen molar-refractivity contribution in [3.05, 3.63) is 21.9 Å². The zero-order valence-corrected chi connectivity index (χ0v) is 12.5. The van der Waals surface area contributed by atoms with Gasteiger partial charge in [-0.3, -0.25) is 4.79 Å². The highest BCUT2D eigenvalue weighted by Gasteiger charge is 2.16. The predicted octanol–water partition coefficient (Wildman–Crippen LogP) is 2.93. The Morgan fingerprint density at radius 3 is 2.80 bits per heavy atom. The van der Waals surface area contributed by atoms with Gasteiger partial charge in [0.2, 0.25) is 0 Å². The van der Waals surface area contributed by atoms with Gasteiger partial charge in [0.1, 0.15) is 0 Å². The van der Waals surface area contributed by atoms with E-state index in [0.29, 0.717) is 18.0 Å². The molecule has 4 heteroatoms. The highest BCUT2D eigenvalue weighted by molar-refractivity contribution is 7.10. The summed E-state index contributed by atoms with van der Waals surface area (Å²) in [5, 5.41) is 13.7. The Labute approximate surface area is 124 Å². The van der Waals surface area contributed by atoms with Gasteiger partial charge in [0.25, 0.3) is 5.91 Å². The third kappa shape index (κ3) is 4.66. The average molecular weight is 291 g/mol. The van der Waals surface area contributed by atoms with Gasteiger partial charge >= 0.3 is 0 Å². The van der Waals surface area contributed by atoms with Gasteiger partial charge in [-0.2, -0.15) is 0 Å². The molecule has 0 aliphatic heterocycles. The van der Waals surface area contributed by atoms with Crippen molar-refractivity contribution < 1.29 is 9.90 Å². The molecule has 0 aromatic carbocycles. The standard InChI is InChI=1S/C16H21NO2S/c18-10-6-5-9-15-11-13(12-20-15)16(19)17-14-7-3-1-2-4-8-14/h11-12,14,18H,1-4,6-8,10H2,(H,17,19). The third-order valence-electron chi connectivity index (χ3n) is 3.50. The first-order chi connectivity index (χ1) is 9.79. The van der Waals surface area contributed by atoms with Gasteiger partial charge in [-0.05, 0) is 18.9 Å². The Hall–Kier alpha value is -1.31. The van der Waals surface area contributed by atoms with E-state index in [1.165, 1.54) is 37.0 Å². The molecule has 0 saturated heterocycles. The Kier molecular flexibility index (Phi) is 6.10. The van der Waals surface area contributed by atoms with Gasteiger partial charge in [0, 0.05) is 17.8 Å². The van der Waals surface area contributed by atoms with Gasteiger partial charge in [0.05, 0.1) is 17.0 Å². The molecule has 1 amide bonds. The van der Waals surface area contributed by atoms with E-state index in [9.17, 15) is 4.79 Å². The van der Waals surface area contributed by atoms with Crippen molar-refractivity contribution in [2.45, 2.75) is 51.0 Å². The van der Waals surface area contributed by atoms with E-state index in [1.807, 2.05) is 11.4 Å². The van der Waals surface area contributed by atoms with Crippen LogP contribution < -0.4 is 5.32 Å². The molecule has 0 unspecified atom stereocenters. The number of hydrogen-bond donors (Lipinski definition) is 2. The van der Waals surface area contributed by atoms with Crippen LogP contribution in [-0.4, -0.2) is 23.7 Å². The Bertz CT molecular complexity index is 490. The summed E-state index contributed by atoms with van der Waals surface area (Å²) >= 11 is 1.48. The molecule has 2 rings (SSSR count). The van der Waals surface area contributed by atoms with Crippen LogP contribution in [0.1, 0.15) is 60.2 Å². The predicted molar refractivity (Wildman–Crippen MR) is 81.9 cm³/mol. The summed E-state index contributed by atoms with van der Waals surface area (Å²) in [5.74, 6) is 5.85. The number of thiophene rings is 1. The molecule has 1 heterocycles. The van der Waals surface area contributed by atoms with Crippen molar-refractivity contribution in [2.24, 2.45) is 0 Å². The van der Waals surface area contributed by atoms with Crippen LogP contribution in [0.25, 0.3) is 0 Å². The van der Waals surface area contributed by atoms with Crippen LogP contribution in [0.15, 0.2) is 11.4 Å². The van der Waals surface area contributed by atoms with Gasteiger partial charge < -0.3 is 10.4 Å². The maximum absolute atomic E-state index is 12.2. The largest absolute Gasteiger partial charge is 0.395 e. The van der Waals surface area contributed by atoms with E-state index in [0.717, 1.165) is 17.7 Å². The lowest BCUT2D eigenvalue weighted by atomic mass is 10.1. The molecule has 1 aromatic heterocycles. The third-order valence-corrected chi connectivity index (χ3v) is 4.35. The summed E-state index contributed by atoms with van der Waals surface area (Å²) in [4.78, 5) is 13.1. The molecule has 1 aliphatic rings. The lowest BCUT2D eigenvalue weighted by Gasteiger charge is -2.15. The van der Waals surface area contributed by atoms with E-state index in [2.05, 4.69) is 17.2 Å². The van der Waals surface area contributed by atoms with Crippen LogP contribution >= 0.6 is 11.3 Å². The molecule has 108 valence electrons. The monoisotopic (exact) mass is 291 g/mol. The van der Waals surface area contributed by atoms with Crippen LogP contribution in [0.4, 0.5) is 0 Å². The normalized spacial score (nSPS) is 16.1. The van der Waals surface area contributed by atoms with E-state index in [-0.39, 0.29) is 12.5 Å². The first-order valence-corrected chi connectivity index (χ1v) is 8.16. The minimum Gasteiger partial charge on any atom is -0.395 e. The summed E-state index contributed by atoms with van der Waals surface area (Å²) in [6.45, 7) is 0.0768. The number of carbonyl (C=O) groups excluding carboxylic acids is 1. The van der Waals surface area contributed by atoms with Gasteiger partial charge in [-0.15, -0.1) is 11.3 Å². The topological polar surface area (TPSA) is 49.3 Å². The van der Waals surface area contributed by atoms with E-state index < -0.39 is 0 Å². The molecule has 2 N–H and O–H groups in total. The maximum atomic E-state index is 12.2. The Morgan fingerprint density at radius 2 is 2.10 bits per heavy atom. The fourth-order valence-corrected chi connectivity index (χ4v) is 3.17. The van der Waals surface area contributed by atoms with Crippen LogP contribution in [0.5, 0.6) is 0 Å². The molecular formula is C16H21NO2S. The molecule has 0 radical (unpaired) electrons. The van der Waals surface area contributed by atoms with Gasteiger partial charge in [0.15, 0.2) is 0 Å². The highest BCUT2D eigenvalue weighted by Crippen LogP contribution is 2.19. The molecule has 0 atom stereocenters. The lowest BCUT2D eigenvalue weighted by Crippen LogP contribution is -2.34. The Morgan fingerprint density at radius 1 is 1.35 bits per heavy atom. The summed E-state index contributed by atoms with van der Waals surface area (Å²) < 4.78 is 0. The minimum absolute atomic E-state index is 0.0170. The van der Waals surface area contributed by atoms with E-state index >= 15 is 0 Å². The van der Waals surface area contributed by atoms with Crippen molar-refractivity contribution in [3.63, 3.8) is 0 Å². The first kappa shape index (κ1) is 15.1. The number of aliphatic hydroxyl groups is 1. The van der Waals surface area contributed by atoms with Crippen LogP contribution in [0.2, 0.25) is 0 Å². The maximum Gasteiger partial charge on any atom is 0.252 e. The van der Waals surface area contributed by atoms with Crippen molar-refractivity contribution >= 4 is 17.2 Å². The Balaban J connectivity index is 1.90. The molecule has 3 nitrogen and oxygen atoms in total. The van der Waals surface area contributed by atoms with Crippen LogP contribution in [0.3, 0.4) is 0 Å². The SMILES string of the molecule is O=C(NC1CCCCCC1)c1csc(C#CCCO)c1. The minimum atomic E-state index is 0.0170. The van der Waals surface area contributed by atoms with Crippen molar-refractivity contribution in [3.8, 4) is 11.8 Å². The molecule has 0 bridgehead atoms. The second kappa shape index (κ2) is 8.08. The van der Waals surface area contributed by atoms with E-state index in [1.54, 1.807) is 0 Å². The molecular weight excluding hydrogens is 270 g/mol. The number of amides is 1. The average Bonchev–Trinajstić information content (AvgIpc) is 2.77. The molecule has 1 saturated carbocycles. The second-order valence-corrected chi connectivity index (χ2v) is 6.05. The zero-order valence-electron chi connectivity index (χ0n) is 11.7. The second-order valence-electron chi connectivity index (χ2n) is 5.14. The van der Waals surface area contributed by atoms with Crippen LogP contribution in [-0.2, 0) is 0 Å². The molecule has 20 heavy (non-hydrogen) atoms. The van der Waals surface area contributed by atoms with E-state index in [4.69, 9.17) is 5.11 Å². The fourth-order valence-electron chi connectivity index (χ4n) is 2.42. The van der Waals surface area contributed by atoms with Crippen molar-refractivity contribution in [1.82, 2.24) is 5.32 Å². The lowest BCUT2D eigenvalue weighted by molar-refractivity contribution is 0.0934. The first-order valence-electron chi connectivity index (χ1n) is 7.28. The quantitative estimate of drug-likeness (QED) is 0.664. The molecule has 0 spiro atoms. The van der Waals surface area contributed by atoms with Crippen molar-refractivity contribution in [2.75, 3.05) is 6.61 Å². The van der Waals surface area contributed by atoms with Crippen LogP contribution in [0, 0.1) is 11.8 Å². The number of carbonyl (C=O) groups is 1. The van der Waals surface area contributed by atoms with Gasteiger partial charge in [-0.25, -0.2) is 0 Å². The summed E-state index contributed by atoms with van der Waals surface area (Å²) in [6.07, 6.45) is 7.67.